The standard InChI is InChI=1S/C12H15N3O.ClH/c1-9-3-2-5-15-10(9)7-14-11(15)12(13)4-6-16-8-12;/h2-3,5,7H,4,6,8,13H2,1H3;1H. The van der Waals surface area contributed by atoms with Gasteiger partial charge < -0.3 is 14.9 Å². The largest absolute Gasteiger partial charge is 0.379 e. The molecule has 2 N–H and O–H groups in total. The van der Waals surface area contributed by atoms with Crippen LogP contribution in [0.5, 0.6) is 0 Å². The van der Waals surface area contributed by atoms with Crippen LogP contribution >= 0.6 is 12.4 Å². The maximum atomic E-state index is 6.33. The Kier molecular flexibility index (Phi) is 3.12. The first-order valence-corrected chi connectivity index (χ1v) is 5.50. The second-order valence-corrected chi connectivity index (χ2v) is 4.49. The molecule has 1 unspecified atom stereocenters. The molecular weight excluding hydrogens is 238 g/mol. The summed E-state index contributed by atoms with van der Waals surface area (Å²) in [5.74, 6) is 0.906. The molecule has 0 spiro atoms. The molecule has 1 aliphatic rings. The molecule has 0 saturated carbocycles. The third-order valence-corrected chi connectivity index (χ3v) is 3.28. The highest BCUT2D eigenvalue weighted by atomic mass is 35.5. The van der Waals surface area contributed by atoms with Crippen molar-refractivity contribution in [2.24, 2.45) is 5.73 Å². The van der Waals surface area contributed by atoms with Crippen molar-refractivity contribution in [1.82, 2.24) is 9.38 Å². The van der Waals surface area contributed by atoms with E-state index in [1.165, 1.54) is 5.56 Å². The third kappa shape index (κ3) is 1.82. The van der Waals surface area contributed by atoms with Gasteiger partial charge in [0.25, 0.3) is 0 Å². The van der Waals surface area contributed by atoms with Gasteiger partial charge in [0.2, 0.25) is 0 Å². The predicted molar refractivity (Wildman–Crippen MR) is 68.5 cm³/mol. The summed E-state index contributed by atoms with van der Waals surface area (Å²) in [6.45, 7) is 3.35. The van der Waals surface area contributed by atoms with Crippen molar-refractivity contribution in [2.75, 3.05) is 13.2 Å². The molecule has 17 heavy (non-hydrogen) atoms. The van der Waals surface area contributed by atoms with E-state index in [4.69, 9.17) is 10.5 Å². The minimum atomic E-state index is -0.430. The maximum absolute atomic E-state index is 6.33. The quantitative estimate of drug-likeness (QED) is 0.841. The Morgan fingerprint density at radius 3 is 3.06 bits per heavy atom. The first-order valence-electron chi connectivity index (χ1n) is 5.50. The summed E-state index contributed by atoms with van der Waals surface area (Å²) in [5, 5.41) is 0. The zero-order chi connectivity index (χ0) is 11.2. The number of fused-ring (bicyclic) bond motifs is 1. The van der Waals surface area contributed by atoms with Crippen LogP contribution < -0.4 is 5.73 Å². The fourth-order valence-corrected chi connectivity index (χ4v) is 2.29. The van der Waals surface area contributed by atoms with E-state index in [9.17, 15) is 0 Å². The molecule has 1 aliphatic heterocycles. The van der Waals surface area contributed by atoms with Crippen molar-refractivity contribution in [3.8, 4) is 0 Å². The van der Waals surface area contributed by atoms with Crippen LogP contribution in [0, 0.1) is 6.92 Å². The van der Waals surface area contributed by atoms with Crippen molar-refractivity contribution in [3.05, 3.63) is 35.9 Å². The number of aryl methyl sites for hydroxylation is 1. The second-order valence-electron chi connectivity index (χ2n) is 4.49. The highest BCUT2D eigenvalue weighted by Gasteiger charge is 2.36. The number of nitrogens with two attached hydrogens (primary N) is 1. The smallest absolute Gasteiger partial charge is 0.135 e. The van der Waals surface area contributed by atoms with E-state index in [0.29, 0.717) is 6.61 Å². The molecular formula is C12H16ClN3O. The molecule has 4 nitrogen and oxygen atoms in total. The van der Waals surface area contributed by atoms with E-state index in [1.54, 1.807) is 0 Å². The van der Waals surface area contributed by atoms with Crippen LogP contribution in [-0.2, 0) is 10.3 Å². The van der Waals surface area contributed by atoms with Gasteiger partial charge in [0.1, 0.15) is 11.4 Å². The van der Waals surface area contributed by atoms with Crippen LogP contribution in [0.15, 0.2) is 24.5 Å². The van der Waals surface area contributed by atoms with Gasteiger partial charge in [-0.15, -0.1) is 12.4 Å². The minimum Gasteiger partial charge on any atom is -0.379 e. The predicted octanol–water partition coefficient (Wildman–Crippen LogP) is 1.64. The van der Waals surface area contributed by atoms with Gasteiger partial charge >= 0.3 is 0 Å². The fraction of sp³-hybridized carbons (Fsp3) is 0.417. The topological polar surface area (TPSA) is 52.5 Å². The Hall–Kier alpha value is -1.10. The van der Waals surface area contributed by atoms with Gasteiger partial charge in [-0.3, -0.25) is 0 Å². The van der Waals surface area contributed by atoms with Gasteiger partial charge in [0.05, 0.1) is 18.3 Å². The summed E-state index contributed by atoms with van der Waals surface area (Å²) >= 11 is 0. The van der Waals surface area contributed by atoms with Crippen LogP contribution in [0.3, 0.4) is 0 Å². The second kappa shape index (κ2) is 4.29. The molecule has 3 rings (SSSR count). The lowest BCUT2D eigenvalue weighted by Crippen LogP contribution is -2.39. The van der Waals surface area contributed by atoms with Crippen molar-refractivity contribution < 1.29 is 4.74 Å². The lowest BCUT2D eigenvalue weighted by atomic mass is 9.99. The van der Waals surface area contributed by atoms with E-state index >= 15 is 0 Å². The Labute approximate surface area is 106 Å². The van der Waals surface area contributed by atoms with Crippen molar-refractivity contribution in [3.63, 3.8) is 0 Å². The summed E-state index contributed by atoms with van der Waals surface area (Å²) in [4.78, 5) is 4.47. The lowest BCUT2D eigenvalue weighted by molar-refractivity contribution is 0.176. The summed E-state index contributed by atoms with van der Waals surface area (Å²) in [5.41, 5.74) is 8.23. The van der Waals surface area contributed by atoms with E-state index in [2.05, 4.69) is 22.4 Å². The summed E-state index contributed by atoms with van der Waals surface area (Å²) in [6, 6.07) is 4.10. The molecule has 0 aliphatic carbocycles. The van der Waals surface area contributed by atoms with Gasteiger partial charge in [-0.2, -0.15) is 0 Å². The van der Waals surface area contributed by atoms with Crippen molar-refractivity contribution in [2.45, 2.75) is 18.9 Å². The molecule has 3 heterocycles. The Balaban J connectivity index is 0.00000108. The van der Waals surface area contributed by atoms with Crippen molar-refractivity contribution >= 4 is 17.9 Å². The van der Waals surface area contributed by atoms with E-state index in [1.807, 2.05) is 18.5 Å². The van der Waals surface area contributed by atoms with Crippen LogP contribution in [0.2, 0.25) is 0 Å². The molecule has 2 aromatic heterocycles. The monoisotopic (exact) mass is 253 g/mol. The number of pyridine rings is 1. The summed E-state index contributed by atoms with van der Waals surface area (Å²) in [6.07, 6.45) is 4.73. The molecule has 92 valence electrons. The van der Waals surface area contributed by atoms with Gasteiger partial charge in [-0.1, -0.05) is 6.07 Å². The van der Waals surface area contributed by atoms with E-state index in [-0.39, 0.29) is 12.4 Å². The number of aromatic nitrogens is 2. The first-order chi connectivity index (χ1) is 7.71. The highest BCUT2D eigenvalue weighted by molar-refractivity contribution is 5.85. The molecule has 0 amide bonds. The van der Waals surface area contributed by atoms with Gasteiger partial charge in [0.15, 0.2) is 0 Å². The number of hydrogen-bond acceptors (Lipinski definition) is 3. The van der Waals surface area contributed by atoms with Crippen LogP contribution in [0.1, 0.15) is 17.8 Å². The van der Waals surface area contributed by atoms with Gasteiger partial charge in [0, 0.05) is 12.8 Å². The highest BCUT2D eigenvalue weighted by Crippen LogP contribution is 2.27. The molecule has 1 saturated heterocycles. The first kappa shape index (κ1) is 12.4. The Bertz CT molecular complexity index is 532. The Morgan fingerprint density at radius 1 is 1.53 bits per heavy atom. The maximum Gasteiger partial charge on any atom is 0.135 e. The summed E-state index contributed by atoms with van der Waals surface area (Å²) in [7, 11) is 0. The molecule has 0 radical (unpaired) electrons. The minimum absolute atomic E-state index is 0. The van der Waals surface area contributed by atoms with Crippen LogP contribution in [0.4, 0.5) is 0 Å². The van der Waals surface area contributed by atoms with Gasteiger partial charge in [-0.25, -0.2) is 4.98 Å². The van der Waals surface area contributed by atoms with Crippen LogP contribution in [-0.4, -0.2) is 22.6 Å². The van der Waals surface area contributed by atoms with Crippen LogP contribution in [0.25, 0.3) is 5.52 Å². The zero-order valence-electron chi connectivity index (χ0n) is 9.72. The molecule has 1 fully saturated rings. The van der Waals surface area contributed by atoms with E-state index < -0.39 is 5.54 Å². The molecule has 2 aromatic rings. The molecule has 0 aromatic carbocycles. The lowest BCUT2D eigenvalue weighted by Gasteiger charge is -2.20. The van der Waals surface area contributed by atoms with Gasteiger partial charge in [-0.05, 0) is 25.0 Å². The Morgan fingerprint density at radius 2 is 2.35 bits per heavy atom. The zero-order valence-corrected chi connectivity index (χ0v) is 10.5. The molecule has 5 heteroatoms. The summed E-state index contributed by atoms with van der Waals surface area (Å²) < 4.78 is 7.46. The molecule has 0 bridgehead atoms. The number of nitrogens with zero attached hydrogens (tertiary/aromatic N) is 2. The average Bonchev–Trinajstić information content (AvgIpc) is 2.85. The number of rotatable bonds is 1. The normalized spacial score (nSPS) is 23.9. The third-order valence-electron chi connectivity index (χ3n) is 3.28. The van der Waals surface area contributed by atoms with Crippen molar-refractivity contribution in [1.29, 1.82) is 0 Å². The fourth-order valence-electron chi connectivity index (χ4n) is 2.29. The number of ether oxygens (including phenoxy) is 1. The average molecular weight is 254 g/mol. The SMILES string of the molecule is Cc1cccn2c(C3(N)CCOC3)ncc12.Cl. The number of imidazole rings is 1. The number of hydrogen-bond donors (Lipinski definition) is 1. The van der Waals surface area contributed by atoms with E-state index in [0.717, 1.165) is 24.4 Å². The molecule has 1 atom stereocenters. The number of halogens is 1.